The maximum atomic E-state index is 4.33. The molecule has 5 heteroatoms. The maximum absolute atomic E-state index is 4.33. The first-order valence-corrected chi connectivity index (χ1v) is 7.65. The lowest BCUT2D eigenvalue weighted by Gasteiger charge is -2.32. The lowest BCUT2D eigenvalue weighted by atomic mass is 10.0. The molecule has 0 amide bonds. The zero-order valence-electron chi connectivity index (χ0n) is 12.6. The summed E-state index contributed by atoms with van der Waals surface area (Å²) in [5, 5.41) is 8.07. The van der Waals surface area contributed by atoms with Crippen molar-refractivity contribution < 1.29 is 0 Å². The van der Waals surface area contributed by atoms with Crippen LogP contribution in [0.5, 0.6) is 0 Å². The molecular weight excluding hydrogens is 272 g/mol. The number of rotatable bonds is 5. The summed E-state index contributed by atoms with van der Waals surface area (Å²) in [7, 11) is 2.02. The molecule has 2 heterocycles. The van der Waals surface area contributed by atoms with Crippen LogP contribution in [0.25, 0.3) is 0 Å². The lowest BCUT2D eigenvalue weighted by molar-refractivity contribution is 0.190. The van der Waals surface area contributed by atoms with Crippen LogP contribution in [-0.4, -0.2) is 40.4 Å². The first-order chi connectivity index (χ1) is 9.22. The van der Waals surface area contributed by atoms with Gasteiger partial charge in [-0.15, -0.1) is 12.4 Å². The normalized spacial score (nSPS) is 20.9. The molecule has 1 aliphatic heterocycles. The van der Waals surface area contributed by atoms with E-state index >= 15 is 0 Å². The van der Waals surface area contributed by atoms with E-state index in [2.05, 4.69) is 22.2 Å². The number of nitrogens with one attached hydrogen (secondary N) is 1. The predicted molar refractivity (Wildman–Crippen MR) is 84.2 cm³/mol. The average molecular weight is 299 g/mol. The van der Waals surface area contributed by atoms with Crippen molar-refractivity contribution in [2.45, 2.75) is 45.2 Å². The van der Waals surface area contributed by atoms with E-state index in [0.29, 0.717) is 0 Å². The molecule has 0 bridgehead atoms. The van der Waals surface area contributed by atoms with Crippen LogP contribution in [0.1, 0.15) is 36.9 Å². The topological polar surface area (TPSA) is 33.1 Å². The zero-order chi connectivity index (χ0) is 13.2. The fourth-order valence-corrected chi connectivity index (χ4v) is 2.89. The van der Waals surface area contributed by atoms with Gasteiger partial charge < -0.3 is 5.32 Å². The minimum atomic E-state index is 0. The molecule has 1 saturated carbocycles. The summed E-state index contributed by atoms with van der Waals surface area (Å²) in [5.41, 5.74) is 2.68. The molecule has 0 unspecified atom stereocenters. The molecule has 0 aromatic carbocycles. The third-order valence-electron chi connectivity index (χ3n) is 4.71. The highest BCUT2D eigenvalue weighted by Gasteiger charge is 2.24. The third-order valence-corrected chi connectivity index (χ3v) is 4.71. The molecule has 1 aliphatic carbocycles. The number of aryl methyl sites for hydroxylation is 1. The number of likely N-dealkylation sites (tertiary alicyclic amines) is 1. The Morgan fingerprint density at radius 1 is 1.25 bits per heavy atom. The van der Waals surface area contributed by atoms with E-state index in [1.54, 1.807) is 0 Å². The van der Waals surface area contributed by atoms with Gasteiger partial charge >= 0.3 is 0 Å². The van der Waals surface area contributed by atoms with Crippen LogP contribution in [0, 0.1) is 12.8 Å². The quantitative estimate of drug-likeness (QED) is 0.904. The summed E-state index contributed by atoms with van der Waals surface area (Å²) < 4.78 is 1.97. The number of piperidine rings is 1. The standard InChI is InChI=1S/C15H26N4.ClH/c1-12-14(10-17-18(12)2)11-19-7-5-15(6-8-19)16-9-13-3-4-13;/h10,13,15-16H,3-9,11H2,1-2H3;1H. The smallest absolute Gasteiger partial charge is 0.0537 e. The van der Waals surface area contributed by atoms with Gasteiger partial charge in [-0.3, -0.25) is 9.58 Å². The van der Waals surface area contributed by atoms with Crippen LogP contribution < -0.4 is 5.32 Å². The minimum Gasteiger partial charge on any atom is -0.314 e. The van der Waals surface area contributed by atoms with Crippen molar-refractivity contribution in [3.8, 4) is 0 Å². The Morgan fingerprint density at radius 2 is 1.95 bits per heavy atom. The fourth-order valence-electron chi connectivity index (χ4n) is 2.89. The molecular formula is C15H27ClN4. The summed E-state index contributed by atoms with van der Waals surface area (Å²) in [6.45, 7) is 6.92. The van der Waals surface area contributed by atoms with Crippen LogP contribution in [0.2, 0.25) is 0 Å². The van der Waals surface area contributed by atoms with E-state index in [0.717, 1.165) is 18.5 Å². The Balaban J connectivity index is 0.00000147. The first-order valence-electron chi connectivity index (χ1n) is 7.65. The summed E-state index contributed by atoms with van der Waals surface area (Å²) in [5.74, 6) is 0.996. The summed E-state index contributed by atoms with van der Waals surface area (Å²) >= 11 is 0. The van der Waals surface area contributed by atoms with Gasteiger partial charge in [0.1, 0.15) is 0 Å². The van der Waals surface area contributed by atoms with Gasteiger partial charge in [0.2, 0.25) is 0 Å². The molecule has 3 rings (SSSR count). The van der Waals surface area contributed by atoms with Crippen molar-refractivity contribution in [3.05, 3.63) is 17.5 Å². The van der Waals surface area contributed by atoms with Crippen molar-refractivity contribution in [3.63, 3.8) is 0 Å². The van der Waals surface area contributed by atoms with Gasteiger partial charge in [0.05, 0.1) is 6.20 Å². The number of halogens is 1. The summed E-state index contributed by atoms with van der Waals surface area (Å²) in [6.07, 6.45) is 7.52. The molecule has 1 aromatic rings. The van der Waals surface area contributed by atoms with Gasteiger partial charge in [0.25, 0.3) is 0 Å². The average Bonchev–Trinajstić information content (AvgIpc) is 3.20. The van der Waals surface area contributed by atoms with E-state index in [9.17, 15) is 0 Å². The molecule has 0 spiro atoms. The van der Waals surface area contributed by atoms with Crippen LogP contribution in [0.4, 0.5) is 0 Å². The van der Waals surface area contributed by atoms with Crippen molar-refractivity contribution in [2.24, 2.45) is 13.0 Å². The number of aromatic nitrogens is 2. The highest BCUT2D eigenvalue weighted by molar-refractivity contribution is 5.85. The molecule has 114 valence electrons. The highest BCUT2D eigenvalue weighted by Crippen LogP contribution is 2.28. The van der Waals surface area contributed by atoms with Gasteiger partial charge in [-0.2, -0.15) is 5.10 Å². The summed E-state index contributed by atoms with van der Waals surface area (Å²) in [4.78, 5) is 2.57. The van der Waals surface area contributed by atoms with Gasteiger partial charge in [-0.25, -0.2) is 0 Å². The van der Waals surface area contributed by atoms with Gasteiger partial charge in [0.15, 0.2) is 0 Å². The second-order valence-electron chi connectivity index (χ2n) is 6.28. The minimum absolute atomic E-state index is 0. The number of nitrogens with zero attached hydrogens (tertiary/aromatic N) is 3. The van der Waals surface area contributed by atoms with E-state index in [-0.39, 0.29) is 12.4 Å². The molecule has 4 nitrogen and oxygen atoms in total. The maximum Gasteiger partial charge on any atom is 0.0537 e. The largest absolute Gasteiger partial charge is 0.314 e. The Bertz CT molecular complexity index is 420. The van der Waals surface area contributed by atoms with E-state index in [1.807, 2.05) is 17.9 Å². The Hall–Kier alpha value is -0.580. The third kappa shape index (κ3) is 3.96. The molecule has 2 fully saturated rings. The van der Waals surface area contributed by atoms with Crippen molar-refractivity contribution >= 4 is 12.4 Å². The van der Waals surface area contributed by atoms with Gasteiger partial charge in [-0.1, -0.05) is 0 Å². The van der Waals surface area contributed by atoms with Crippen LogP contribution in [0.3, 0.4) is 0 Å². The molecule has 0 atom stereocenters. The van der Waals surface area contributed by atoms with Crippen molar-refractivity contribution in [1.82, 2.24) is 20.0 Å². The predicted octanol–water partition coefficient (Wildman–Crippen LogP) is 2.11. The SMILES string of the molecule is Cc1c(CN2CCC(NCC3CC3)CC2)cnn1C.Cl. The van der Waals surface area contributed by atoms with Crippen molar-refractivity contribution in [2.75, 3.05) is 19.6 Å². The monoisotopic (exact) mass is 298 g/mol. The number of hydrogen-bond donors (Lipinski definition) is 1. The molecule has 2 aliphatic rings. The molecule has 1 N–H and O–H groups in total. The first kappa shape index (κ1) is 15.8. The highest BCUT2D eigenvalue weighted by atomic mass is 35.5. The van der Waals surface area contributed by atoms with Crippen LogP contribution >= 0.6 is 12.4 Å². The molecule has 20 heavy (non-hydrogen) atoms. The van der Waals surface area contributed by atoms with Crippen molar-refractivity contribution in [1.29, 1.82) is 0 Å². The van der Waals surface area contributed by atoms with Gasteiger partial charge in [-0.05, 0) is 58.2 Å². The Kier molecular flexibility index (Phi) is 5.47. The number of hydrogen-bond acceptors (Lipinski definition) is 3. The van der Waals surface area contributed by atoms with E-state index < -0.39 is 0 Å². The van der Waals surface area contributed by atoms with E-state index in [4.69, 9.17) is 0 Å². The van der Waals surface area contributed by atoms with Crippen LogP contribution in [-0.2, 0) is 13.6 Å². The Labute approximate surface area is 128 Å². The fraction of sp³-hybridized carbons (Fsp3) is 0.800. The zero-order valence-corrected chi connectivity index (χ0v) is 13.5. The Morgan fingerprint density at radius 3 is 2.50 bits per heavy atom. The second kappa shape index (κ2) is 6.92. The van der Waals surface area contributed by atoms with E-state index in [1.165, 1.54) is 56.6 Å². The van der Waals surface area contributed by atoms with Crippen LogP contribution in [0.15, 0.2) is 6.20 Å². The molecule has 0 radical (unpaired) electrons. The molecule has 1 aromatic heterocycles. The molecule has 1 saturated heterocycles. The van der Waals surface area contributed by atoms with Gasteiger partial charge in [0, 0.05) is 30.9 Å². The second-order valence-corrected chi connectivity index (χ2v) is 6.28. The summed E-state index contributed by atoms with van der Waals surface area (Å²) in [6, 6.07) is 0.756. The lowest BCUT2D eigenvalue weighted by Crippen LogP contribution is -2.42.